The molecule has 0 amide bonds. The number of hydrogen-bond donors (Lipinski definition) is 2. The maximum Gasteiger partial charge on any atom is 0.253 e. The average molecular weight is 467 g/mol. The van der Waals surface area contributed by atoms with Crippen LogP contribution in [0.15, 0.2) is 23.0 Å². The maximum atomic E-state index is 12.8. The van der Waals surface area contributed by atoms with Gasteiger partial charge >= 0.3 is 0 Å². The van der Waals surface area contributed by atoms with E-state index in [0.29, 0.717) is 28.9 Å². The summed E-state index contributed by atoms with van der Waals surface area (Å²) in [6.07, 6.45) is 0.866. The number of rotatable bonds is 9. The van der Waals surface area contributed by atoms with E-state index in [0.717, 1.165) is 68.8 Å². The molecule has 1 aliphatic rings. The monoisotopic (exact) mass is 466 g/mol. The van der Waals surface area contributed by atoms with Crippen molar-refractivity contribution in [3.8, 4) is 0 Å². The summed E-state index contributed by atoms with van der Waals surface area (Å²) in [4.78, 5) is 20.1. The first-order valence-electron chi connectivity index (χ1n) is 10.6. The van der Waals surface area contributed by atoms with Gasteiger partial charge in [0, 0.05) is 62.5 Å². The van der Waals surface area contributed by atoms with Gasteiger partial charge in [-0.2, -0.15) is 0 Å². The van der Waals surface area contributed by atoms with Crippen molar-refractivity contribution in [2.75, 3.05) is 59.7 Å². The number of fused-ring (bicyclic) bond motifs is 1. The second kappa shape index (κ2) is 11.8. The number of nitrogens with zero attached hydrogens (tertiary/aromatic N) is 2. The van der Waals surface area contributed by atoms with Gasteiger partial charge in [0.05, 0.1) is 19.8 Å². The van der Waals surface area contributed by atoms with E-state index >= 15 is 0 Å². The van der Waals surface area contributed by atoms with Crippen LogP contribution in [-0.4, -0.2) is 79.6 Å². The van der Waals surface area contributed by atoms with Gasteiger partial charge in [-0.25, -0.2) is 0 Å². The van der Waals surface area contributed by atoms with Crippen molar-refractivity contribution < 1.29 is 9.47 Å². The summed E-state index contributed by atoms with van der Waals surface area (Å²) in [5.74, 6) is 0. The Balaban J connectivity index is 1.75. The van der Waals surface area contributed by atoms with Crippen molar-refractivity contribution in [3.63, 3.8) is 0 Å². The molecule has 1 aromatic heterocycles. The zero-order valence-electron chi connectivity index (χ0n) is 18.2. The zero-order chi connectivity index (χ0) is 22.2. The second-order valence-electron chi connectivity index (χ2n) is 7.77. The predicted molar refractivity (Wildman–Crippen MR) is 129 cm³/mol. The van der Waals surface area contributed by atoms with Crippen LogP contribution in [0.3, 0.4) is 0 Å². The standard InChI is InChI=1S/C22H31ClN4O3S/c1-16-12-17-13-18(21(28)25-20(17)14-19(16)23)15-27(22(31)24-4-3-9-29-2)6-5-26-7-10-30-11-8-26/h12-14H,3-11,15H2,1-2H3,(H,24,31)(H,25,28). The summed E-state index contributed by atoms with van der Waals surface area (Å²) in [6, 6.07) is 5.73. The molecule has 0 bridgehead atoms. The van der Waals surface area contributed by atoms with Gasteiger partial charge in [-0.15, -0.1) is 0 Å². The highest BCUT2D eigenvalue weighted by molar-refractivity contribution is 7.80. The number of benzene rings is 1. The minimum atomic E-state index is -0.119. The van der Waals surface area contributed by atoms with Gasteiger partial charge in [-0.3, -0.25) is 9.69 Å². The van der Waals surface area contributed by atoms with Crippen molar-refractivity contribution in [3.05, 3.63) is 44.7 Å². The van der Waals surface area contributed by atoms with Crippen LogP contribution in [0.1, 0.15) is 17.5 Å². The normalized spacial score (nSPS) is 14.7. The number of morpholine rings is 1. The van der Waals surface area contributed by atoms with Crippen molar-refractivity contribution in [2.45, 2.75) is 19.9 Å². The van der Waals surface area contributed by atoms with E-state index in [4.69, 9.17) is 33.3 Å². The number of H-pyrrole nitrogens is 1. The van der Waals surface area contributed by atoms with E-state index in [9.17, 15) is 4.79 Å². The molecule has 0 atom stereocenters. The molecule has 0 aliphatic carbocycles. The van der Waals surface area contributed by atoms with Gasteiger partial charge in [0.25, 0.3) is 5.56 Å². The third kappa shape index (κ3) is 6.89. The fourth-order valence-corrected chi connectivity index (χ4v) is 3.99. The predicted octanol–water partition coefficient (Wildman–Crippen LogP) is 2.54. The molecule has 0 saturated carbocycles. The van der Waals surface area contributed by atoms with Crippen molar-refractivity contribution >= 4 is 39.8 Å². The Kier molecular flexibility index (Phi) is 9.10. The van der Waals surface area contributed by atoms with E-state index in [1.54, 1.807) is 13.2 Å². The molecule has 0 spiro atoms. The van der Waals surface area contributed by atoms with Gasteiger partial charge in [-0.1, -0.05) is 11.6 Å². The molecule has 0 radical (unpaired) electrons. The first-order chi connectivity index (χ1) is 15.0. The van der Waals surface area contributed by atoms with Crippen LogP contribution in [0.5, 0.6) is 0 Å². The molecule has 7 nitrogen and oxygen atoms in total. The first-order valence-corrected chi connectivity index (χ1v) is 11.4. The number of aromatic amines is 1. The Bertz CT molecular complexity index is 946. The highest BCUT2D eigenvalue weighted by Gasteiger charge is 2.17. The molecule has 1 aromatic carbocycles. The lowest BCUT2D eigenvalue weighted by atomic mass is 10.1. The number of pyridine rings is 1. The summed E-state index contributed by atoms with van der Waals surface area (Å²) in [5.41, 5.74) is 2.28. The average Bonchev–Trinajstić information content (AvgIpc) is 2.76. The fraction of sp³-hybridized carbons (Fsp3) is 0.545. The second-order valence-corrected chi connectivity index (χ2v) is 8.56. The molecule has 2 N–H and O–H groups in total. The lowest BCUT2D eigenvalue weighted by molar-refractivity contribution is 0.0357. The minimum Gasteiger partial charge on any atom is -0.385 e. The molecule has 31 heavy (non-hydrogen) atoms. The summed E-state index contributed by atoms with van der Waals surface area (Å²) in [5, 5.41) is 5.56. The van der Waals surface area contributed by atoms with Gasteiger partial charge in [0.2, 0.25) is 0 Å². The number of aromatic nitrogens is 1. The van der Waals surface area contributed by atoms with Crippen LogP contribution < -0.4 is 10.9 Å². The Labute approximate surface area is 193 Å². The molecule has 0 unspecified atom stereocenters. The van der Waals surface area contributed by atoms with Gasteiger partial charge < -0.3 is 24.7 Å². The minimum absolute atomic E-state index is 0.119. The highest BCUT2D eigenvalue weighted by Crippen LogP contribution is 2.22. The van der Waals surface area contributed by atoms with Crippen LogP contribution in [0.4, 0.5) is 0 Å². The molecule has 1 fully saturated rings. The van der Waals surface area contributed by atoms with Gasteiger partial charge in [0.15, 0.2) is 5.11 Å². The Morgan fingerprint density at radius 2 is 2.13 bits per heavy atom. The highest BCUT2D eigenvalue weighted by atomic mass is 35.5. The zero-order valence-corrected chi connectivity index (χ0v) is 19.8. The molecule has 2 heterocycles. The van der Waals surface area contributed by atoms with Crippen LogP contribution in [-0.2, 0) is 16.0 Å². The molecule has 170 valence electrons. The number of aryl methyl sites for hydroxylation is 1. The van der Waals surface area contributed by atoms with Crippen molar-refractivity contribution in [2.24, 2.45) is 0 Å². The van der Waals surface area contributed by atoms with Gasteiger partial charge in [-0.05, 0) is 54.7 Å². The summed E-state index contributed by atoms with van der Waals surface area (Å²) < 4.78 is 10.6. The topological polar surface area (TPSA) is 69.8 Å². The van der Waals surface area contributed by atoms with E-state index < -0.39 is 0 Å². The molecule has 9 heteroatoms. The maximum absolute atomic E-state index is 12.8. The Morgan fingerprint density at radius 1 is 1.35 bits per heavy atom. The van der Waals surface area contributed by atoms with E-state index in [-0.39, 0.29) is 5.56 Å². The summed E-state index contributed by atoms with van der Waals surface area (Å²) in [7, 11) is 1.69. The first kappa shape index (κ1) is 23.9. The lowest BCUT2D eigenvalue weighted by Crippen LogP contribution is -2.46. The largest absolute Gasteiger partial charge is 0.385 e. The number of ether oxygens (including phenoxy) is 2. The molecule has 2 aromatic rings. The van der Waals surface area contributed by atoms with Crippen LogP contribution >= 0.6 is 23.8 Å². The number of nitrogens with one attached hydrogen (secondary N) is 2. The van der Waals surface area contributed by atoms with E-state index in [2.05, 4.69) is 20.1 Å². The van der Waals surface area contributed by atoms with Crippen molar-refractivity contribution in [1.29, 1.82) is 0 Å². The van der Waals surface area contributed by atoms with Gasteiger partial charge in [0.1, 0.15) is 0 Å². The lowest BCUT2D eigenvalue weighted by Gasteiger charge is -2.31. The Hall–Kier alpha value is -1.71. The van der Waals surface area contributed by atoms with E-state index in [1.807, 2.05) is 19.1 Å². The summed E-state index contributed by atoms with van der Waals surface area (Å²) >= 11 is 11.9. The molecule has 1 saturated heterocycles. The van der Waals surface area contributed by atoms with Crippen molar-refractivity contribution in [1.82, 2.24) is 20.1 Å². The van der Waals surface area contributed by atoms with E-state index in [1.165, 1.54) is 0 Å². The summed E-state index contributed by atoms with van der Waals surface area (Å²) in [6.45, 7) is 8.74. The van der Waals surface area contributed by atoms with Crippen LogP contribution in [0, 0.1) is 6.92 Å². The molecular formula is C22H31ClN4O3S. The smallest absolute Gasteiger partial charge is 0.253 e. The van der Waals surface area contributed by atoms with Crippen LogP contribution in [0.2, 0.25) is 5.02 Å². The number of hydrogen-bond acceptors (Lipinski definition) is 5. The Morgan fingerprint density at radius 3 is 2.87 bits per heavy atom. The number of thiocarbonyl (C=S) groups is 1. The quantitative estimate of drug-likeness (QED) is 0.434. The van der Waals surface area contributed by atoms with Crippen LogP contribution in [0.25, 0.3) is 10.9 Å². The third-order valence-electron chi connectivity index (χ3n) is 5.44. The SMILES string of the molecule is COCCCNC(=S)N(CCN1CCOCC1)Cc1cc2cc(C)c(Cl)cc2[nH]c1=O. The molecule has 3 rings (SSSR count). The fourth-order valence-electron chi connectivity index (χ4n) is 3.57. The third-order valence-corrected chi connectivity index (χ3v) is 6.25. The number of halogens is 1. The number of methoxy groups -OCH3 is 1. The molecule has 1 aliphatic heterocycles. The molecular weight excluding hydrogens is 436 g/mol.